The van der Waals surface area contributed by atoms with Gasteiger partial charge in [-0.15, -0.1) is 0 Å². The van der Waals surface area contributed by atoms with Crippen molar-refractivity contribution in [3.05, 3.63) is 78.4 Å². The molecule has 0 atom stereocenters. The number of sulfonamides is 1. The maximum absolute atomic E-state index is 12.8. The number of hydrogen-bond donors (Lipinski definition) is 2. The van der Waals surface area contributed by atoms with Crippen LogP contribution >= 0.6 is 0 Å². The van der Waals surface area contributed by atoms with E-state index in [4.69, 9.17) is 4.74 Å². The van der Waals surface area contributed by atoms with Gasteiger partial charge in [-0.1, -0.05) is 18.2 Å². The summed E-state index contributed by atoms with van der Waals surface area (Å²) >= 11 is 0. The third-order valence-electron chi connectivity index (χ3n) is 5.69. The summed E-state index contributed by atoms with van der Waals surface area (Å²) in [7, 11) is -3.97. The van der Waals surface area contributed by atoms with E-state index in [-0.39, 0.29) is 16.1 Å². The van der Waals surface area contributed by atoms with Gasteiger partial charge in [-0.2, -0.15) is 0 Å². The first-order chi connectivity index (χ1) is 16.4. The quantitative estimate of drug-likeness (QED) is 0.503. The van der Waals surface area contributed by atoms with Crippen LogP contribution in [0, 0.1) is 0 Å². The molecule has 8 nitrogen and oxygen atoms in total. The number of carboxylic acid groups (broad SMARTS) is 1. The molecule has 178 valence electrons. The predicted octanol–water partition coefficient (Wildman–Crippen LogP) is 3.91. The van der Waals surface area contributed by atoms with Gasteiger partial charge in [0.1, 0.15) is 5.75 Å². The lowest BCUT2D eigenvalue weighted by molar-refractivity contribution is 0.0698. The number of carboxylic acids is 1. The molecule has 1 aliphatic rings. The number of ether oxygens (including phenoxy) is 1. The fourth-order valence-electron chi connectivity index (χ4n) is 3.94. The van der Waals surface area contributed by atoms with Gasteiger partial charge in [-0.25, -0.2) is 13.2 Å². The Bertz CT molecular complexity index is 1240. The largest absolute Gasteiger partial charge is 0.494 e. The van der Waals surface area contributed by atoms with Crippen molar-refractivity contribution < 1.29 is 23.1 Å². The van der Waals surface area contributed by atoms with E-state index >= 15 is 0 Å². The van der Waals surface area contributed by atoms with Crippen LogP contribution in [0.1, 0.15) is 17.3 Å². The zero-order valence-electron chi connectivity index (χ0n) is 18.8. The molecule has 3 aromatic rings. The van der Waals surface area contributed by atoms with Crippen molar-refractivity contribution >= 4 is 33.1 Å². The van der Waals surface area contributed by atoms with Crippen LogP contribution in [0.2, 0.25) is 0 Å². The molecular weight excluding hydrogens is 454 g/mol. The average molecular weight is 482 g/mol. The number of rotatable bonds is 8. The molecule has 0 aromatic heterocycles. The van der Waals surface area contributed by atoms with Gasteiger partial charge >= 0.3 is 5.97 Å². The van der Waals surface area contributed by atoms with Crippen LogP contribution in [0.5, 0.6) is 5.75 Å². The van der Waals surface area contributed by atoms with Crippen molar-refractivity contribution in [2.45, 2.75) is 11.8 Å². The molecule has 1 saturated heterocycles. The fourth-order valence-corrected chi connectivity index (χ4v) is 5.02. The average Bonchev–Trinajstić information content (AvgIpc) is 2.85. The minimum atomic E-state index is -3.97. The highest BCUT2D eigenvalue weighted by molar-refractivity contribution is 7.92. The van der Waals surface area contributed by atoms with Crippen molar-refractivity contribution in [1.29, 1.82) is 0 Å². The van der Waals surface area contributed by atoms with Crippen LogP contribution in [0.3, 0.4) is 0 Å². The molecule has 0 unspecified atom stereocenters. The monoisotopic (exact) mass is 481 g/mol. The molecule has 2 N–H and O–H groups in total. The zero-order chi connectivity index (χ0) is 24.1. The fraction of sp³-hybridized carbons (Fsp3) is 0.240. The summed E-state index contributed by atoms with van der Waals surface area (Å²) in [6, 6.07) is 20.9. The Hall–Kier alpha value is -3.72. The Morgan fingerprint density at radius 1 is 0.912 bits per heavy atom. The van der Waals surface area contributed by atoms with E-state index in [0.717, 1.165) is 37.6 Å². The normalized spacial score (nSPS) is 14.0. The van der Waals surface area contributed by atoms with E-state index < -0.39 is 16.0 Å². The van der Waals surface area contributed by atoms with Crippen LogP contribution in [0.25, 0.3) is 0 Å². The van der Waals surface area contributed by atoms with Crippen LogP contribution < -0.4 is 19.3 Å². The Kier molecular flexibility index (Phi) is 6.93. The Labute approximate surface area is 199 Å². The first kappa shape index (κ1) is 23.4. The number of hydrogen-bond acceptors (Lipinski definition) is 6. The highest BCUT2D eigenvalue weighted by Gasteiger charge is 2.22. The molecule has 1 aliphatic heterocycles. The Balaban J connectivity index is 1.50. The summed E-state index contributed by atoms with van der Waals surface area (Å²) in [5.74, 6) is -0.640. The highest BCUT2D eigenvalue weighted by Crippen LogP contribution is 2.28. The SMILES string of the molecule is CCOc1ccc(S(=O)(=O)Nc2ccc(N3CCN(c4ccccc4)CC3)cc2C(=O)O)cc1. The highest BCUT2D eigenvalue weighted by atomic mass is 32.2. The molecule has 0 radical (unpaired) electrons. The maximum Gasteiger partial charge on any atom is 0.337 e. The second-order valence-electron chi connectivity index (χ2n) is 7.85. The van der Waals surface area contributed by atoms with Crippen molar-refractivity contribution in [2.24, 2.45) is 0 Å². The Morgan fingerprint density at radius 2 is 1.53 bits per heavy atom. The van der Waals surface area contributed by atoms with Gasteiger partial charge in [0.2, 0.25) is 0 Å². The minimum Gasteiger partial charge on any atom is -0.494 e. The summed E-state index contributed by atoms with van der Waals surface area (Å²) in [4.78, 5) is 16.4. The molecule has 0 bridgehead atoms. The molecule has 1 heterocycles. The van der Waals surface area contributed by atoms with E-state index in [2.05, 4.69) is 26.7 Å². The molecule has 0 spiro atoms. The third kappa shape index (κ3) is 5.26. The van der Waals surface area contributed by atoms with Crippen LogP contribution in [-0.2, 0) is 10.0 Å². The number of nitrogens with zero attached hydrogens (tertiary/aromatic N) is 2. The number of anilines is 3. The topological polar surface area (TPSA) is 99.2 Å². The van der Waals surface area contributed by atoms with Gasteiger partial charge in [0.25, 0.3) is 10.0 Å². The number of para-hydroxylation sites is 1. The lowest BCUT2D eigenvalue weighted by atomic mass is 10.1. The molecule has 0 aliphatic carbocycles. The number of nitrogens with one attached hydrogen (secondary N) is 1. The number of benzene rings is 3. The van der Waals surface area contributed by atoms with Gasteiger partial charge in [-0.05, 0) is 61.5 Å². The standard InChI is InChI=1S/C25H27N3O5S/c1-2-33-21-9-11-22(12-10-21)34(31,32)26-24-13-8-20(18-23(24)25(29)30)28-16-14-27(15-17-28)19-6-4-3-5-7-19/h3-13,18,26H,2,14-17H2,1H3,(H,29,30). The van der Waals surface area contributed by atoms with Crippen LogP contribution in [0.4, 0.5) is 17.1 Å². The molecule has 3 aromatic carbocycles. The summed E-state index contributed by atoms with van der Waals surface area (Å²) in [5.41, 5.74) is 1.83. The first-order valence-corrected chi connectivity index (χ1v) is 12.5. The lowest BCUT2D eigenvalue weighted by Crippen LogP contribution is -2.46. The van der Waals surface area contributed by atoms with E-state index in [1.807, 2.05) is 25.1 Å². The van der Waals surface area contributed by atoms with Gasteiger partial charge in [0.15, 0.2) is 0 Å². The zero-order valence-corrected chi connectivity index (χ0v) is 19.7. The number of piperazine rings is 1. The van der Waals surface area contributed by atoms with Gasteiger partial charge in [0.05, 0.1) is 22.8 Å². The maximum atomic E-state index is 12.8. The summed E-state index contributed by atoms with van der Waals surface area (Å²) in [5, 5.41) is 9.76. The van der Waals surface area contributed by atoms with E-state index in [9.17, 15) is 18.3 Å². The number of aromatic carboxylic acids is 1. The van der Waals surface area contributed by atoms with Crippen molar-refractivity contribution in [2.75, 3.05) is 47.3 Å². The molecule has 1 fully saturated rings. The van der Waals surface area contributed by atoms with Crippen LogP contribution in [0.15, 0.2) is 77.7 Å². The molecule has 9 heteroatoms. The van der Waals surface area contributed by atoms with Gasteiger partial charge in [-0.3, -0.25) is 4.72 Å². The van der Waals surface area contributed by atoms with E-state index in [1.165, 1.54) is 24.3 Å². The van der Waals surface area contributed by atoms with E-state index in [0.29, 0.717) is 12.4 Å². The second kappa shape index (κ2) is 10.0. The van der Waals surface area contributed by atoms with Gasteiger partial charge < -0.3 is 19.6 Å². The molecular formula is C25H27N3O5S. The Morgan fingerprint density at radius 3 is 2.12 bits per heavy atom. The van der Waals surface area contributed by atoms with Crippen molar-refractivity contribution in [3.8, 4) is 5.75 Å². The number of carbonyl (C=O) groups is 1. The lowest BCUT2D eigenvalue weighted by Gasteiger charge is -2.37. The van der Waals surface area contributed by atoms with Gasteiger partial charge in [0, 0.05) is 37.6 Å². The first-order valence-electron chi connectivity index (χ1n) is 11.1. The van der Waals surface area contributed by atoms with Crippen molar-refractivity contribution in [1.82, 2.24) is 0 Å². The van der Waals surface area contributed by atoms with Crippen molar-refractivity contribution in [3.63, 3.8) is 0 Å². The second-order valence-corrected chi connectivity index (χ2v) is 9.54. The smallest absolute Gasteiger partial charge is 0.337 e. The third-order valence-corrected chi connectivity index (χ3v) is 7.07. The van der Waals surface area contributed by atoms with Crippen LogP contribution in [-0.4, -0.2) is 52.3 Å². The molecule has 34 heavy (non-hydrogen) atoms. The molecule has 0 amide bonds. The minimum absolute atomic E-state index is 0.0213. The summed E-state index contributed by atoms with van der Waals surface area (Å²) in [6.07, 6.45) is 0. The molecule has 0 saturated carbocycles. The van der Waals surface area contributed by atoms with E-state index in [1.54, 1.807) is 18.2 Å². The molecule has 4 rings (SSSR count). The summed E-state index contributed by atoms with van der Waals surface area (Å²) in [6.45, 7) is 5.37. The summed E-state index contributed by atoms with van der Waals surface area (Å²) < 4.78 is 33.4. The predicted molar refractivity (Wildman–Crippen MR) is 133 cm³/mol.